The normalized spacial score (nSPS) is 32.7. The number of nitrogens with zero attached hydrogens (tertiary/aromatic N) is 1. The molecular formula is C29H38N2O16. The summed E-state index contributed by atoms with van der Waals surface area (Å²) in [5, 5.41) is 24.8. The van der Waals surface area contributed by atoms with Crippen molar-refractivity contribution in [3.05, 3.63) is 34.4 Å². The molecule has 3 saturated heterocycles. The standard InChI is InChI=1S/C29H38N2O16/c1-13(32)30-21-25(42-16(4)35)23(41-15(3)34)19(11-39-14(2)33)44-27(21)40-12-20-24-26(47-29(5,6)46-24)22(36)28(45-20)43-18-9-7-17(8-10-18)31(37)38/h7-10,19-28,36H,11-12H2,1-6H3,(H,30,32)/t19-,20-,21-,22-,23-,24+,25-,26-,27-,28-/m1/s1. The fourth-order valence-electron chi connectivity index (χ4n) is 5.49. The van der Waals surface area contributed by atoms with E-state index in [0.29, 0.717) is 0 Å². The number of non-ortho nitro benzene ring substituents is 1. The molecule has 0 radical (unpaired) electrons. The van der Waals surface area contributed by atoms with E-state index in [1.165, 1.54) is 31.2 Å². The second-order valence-electron chi connectivity index (χ2n) is 11.5. The van der Waals surface area contributed by atoms with Crippen molar-refractivity contribution in [3.63, 3.8) is 0 Å². The molecule has 0 saturated carbocycles. The van der Waals surface area contributed by atoms with Crippen molar-refractivity contribution >= 4 is 29.5 Å². The number of benzene rings is 1. The summed E-state index contributed by atoms with van der Waals surface area (Å²) in [6, 6.07) is 3.90. The van der Waals surface area contributed by atoms with Crippen LogP contribution in [-0.2, 0) is 57.1 Å². The largest absolute Gasteiger partial charge is 0.463 e. The van der Waals surface area contributed by atoms with Gasteiger partial charge in [-0.3, -0.25) is 29.3 Å². The SMILES string of the molecule is CC(=O)N[C@H]1[C@H](OC[C@H]2O[C@@H](Oc3ccc([N+](=O)[O-])cc3)[C@H](O)[C@H]3OC(C)(C)O[C@H]32)O[C@H](COC(C)=O)[C@@H](OC(C)=O)[C@@H]1OC(C)=O. The van der Waals surface area contributed by atoms with Crippen molar-refractivity contribution in [2.24, 2.45) is 0 Å². The van der Waals surface area contributed by atoms with Crippen LogP contribution in [0.1, 0.15) is 41.5 Å². The van der Waals surface area contributed by atoms with Gasteiger partial charge in [0.15, 0.2) is 24.3 Å². The number of nitro benzene ring substituents is 1. The van der Waals surface area contributed by atoms with E-state index in [-0.39, 0.29) is 18.0 Å². The maximum atomic E-state index is 12.3. The highest BCUT2D eigenvalue weighted by atomic mass is 16.8. The van der Waals surface area contributed by atoms with Crippen molar-refractivity contribution < 1.29 is 71.8 Å². The quantitative estimate of drug-likeness (QED) is 0.139. The highest BCUT2D eigenvalue weighted by Gasteiger charge is 2.57. The van der Waals surface area contributed by atoms with Crippen LogP contribution in [0.4, 0.5) is 5.69 Å². The Kier molecular flexibility index (Phi) is 11.4. The fourth-order valence-corrected chi connectivity index (χ4v) is 5.49. The molecule has 3 aliphatic rings. The lowest BCUT2D eigenvalue weighted by Gasteiger charge is -2.45. The maximum absolute atomic E-state index is 12.3. The van der Waals surface area contributed by atoms with Crippen LogP contribution in [-0.4, -0.2) is 114 Å². The molecule has 2 N–H and O–H groups in total. The van der Waals surface area contributed by atoms with E-state index in [0.717, 1.165) is 20.8 Å². The Labute approximate surface area is 268 Å². The molecule has 0 aliphatic carbocycles. The number of rotatable bonds is 11. The van der Waals surface area contributed by atoms with E-state index in [9.17, 15) is 34.4 Å². The molecule has 260 valence electrons. The molecule has 0 aromatic heterocycles. The Bertz CT molecular complexity index is 1320. The summed E-state index contributed by atoms with van der Waals surface area (Å²) in [5.74, 6) is -3.75. The van der Waals surface area contributed by atoms with Gasteiger partial charge in [0.1, 0.15) is 48.9 Å². The van der Waals surface area contributed by atoms with Gasteiger partial charge in [0.05, 0.1) is 11.5 Å². The van der Waals surface area contributed by atoms with E-state index in [1.54, 1.807) is 13.8 Å². The van der Waals surface area contributed by atoms with Crippen LogP contribution in [0.2, 0.25) is 0 Å². The van der Waals surface area contributed by atoms with E-state index in [2.05, 4.69) is 5.32 Å². The Morgan fingerprint density at radius 2 is 1.47 bits per heavy atom. The van der Waals surface area contributed by atoms with Gasteiger partial charge in [-0.15, -0.1) is 0 Å². The molecule has 1 aromatic rings. The van der Waals surface area contributed by atoms with Crippen molar-refractivity contribution in [1.82, 2.24) is 5.32 Å². The lowest BCUT2D eigenvalue weighted by atomic mass is 9.95. The molecule has 0 unspecified atom stereocenters. The molecule has 0 spiro atoms. The minimum Gasteiger partial charge on any atom is -0.463 e. The van der Waals surface area contributed by atoms with Gasteiger partial charge in [-0.1, -0.05) is 0 Å². The third-order valence-electron chi connectivity index (χ3n) is 7.25. The topological polar surface area (TPSA) is 227 Å². The Morgan fingerprint density at radius 3 is 2.04 bits per heavy atom. The lowest BCUT2D eigenvalue weighted by Crippen LogP contribution is -2.67. The first-order valence-corrected chi connectivity index (χ1v) is 14.7. The highest BCUT2D eigenvalue weighted by molar-refractivity contribution is 5.73. The van der Waals surface area contributed by atoms with Gasteiger partial charge in [-0.05, 0) is 26.0 Å². The molecule has 18 nitrogen and oxygen atoms in total. The van der Waals surface area contributed by atoms with Crippen LogP contribution in [0.25, 0.3) is 0 Å². The zero-order valence-corrected chi connectivity index (χ0v) is 26.5. The molecule has 1 aromatic carbocycles. The second-order valence-corrected chi connectivity index (χ2v) is 11.5. The summed E-state index contributed by atoms with van der Waals surface area (Å²) in [6.45, 7) is 7.12. The van der Waals surface area contributed by atoms with Gasteiger partial charge in [-0.2, -0.15) is 0 Å². The van der Waals surface area contributed by atoms with E-state index >= 15 is 0 Å². The number of amides is 1. The van der Waals surface area contributed by atoms with Crippen LogP contribution < -0.4 is 10.1 Å². The number of carbonyl (C=O) groups is 4. The minimum absolute atomic E-state index is 0.159. The molecule has 3 fully saturated rings. The lowest BCUT2D eigenvalue weighted by molar-refractivity contribution is -0.384. The van der Waals surface area contributed by atoms with Crippen molar-refractivity contribution in [2.75, 3.05) is 13.2 Å². The average molecular weight is 671 g/mol. The van der Waals surface area contributed by atoms with Gasteiger partial charge < -0.3 is 53.1 Å². The third kappa shape index (κ3) is 9.11. The first-order chi connectivity index (χ1) is 22.0. The summed E-state index contributed by atoms with van der Waals surface area (Å²) < 4.78 is 52.0. The first-order valence-electron chi connectivity index (χ1n) is 14.7. The predicted octanol–water partition coefficient (Wildman–Crippen LogP) is 0.252. The van der Waals surface area contributed by atoms with Gasteiger partial charge >= 0.3 is 17.9 Å². The first kappa shape index (κ1) is 35.9. The molecule has 18 heteroatoms. The Balaban J connectivity index is 1.60. The molecule has 1 amide bonds. The van der Waals surface area contributed by atoms with Crippen molar-refractivity contribution in [2.45, 2.75) is 109 Å². The molecule has 3 aliphatic heterocycles. The fraction of sp³-hybridized carbons (Fsp3) is 0.655. The second kappa shape index (κ2) is 14.9. The molecular weight excluding hydrogens is 632 g/mol. The molecule has 4 rings (SSSR count). The van der Waals surface area contributed by atoms with Crippen LogP contribution >= 0.6 is 0 Å². The zero-order chi connectivity index (χ0) is 34.6. The number of nitrogens with one attached hydrogen (secondary N) is 1. The number of hydrogen-bond donors (Lipinski definition) is 2. The van der Waals surface area contributed by atoms with Gasteiger partial charge in [0.25, 0.3) is 5.69 Å². The van der Waals surface area contributed by atoms with Crippen LogP contribution in [0.15, 0.2) is 24.3 Å². The van der Waals surface area contributed by atoms with Crippen molar-refractivity contribution in [3.8, 4) is 5.75 Å². The molecule has 3 heterocycles. The number of ether oxygens (including phenoxy) is 9. The number of aliphatic hydroxyl groups is 1. The van der Waals surface area contributed by atoms with Gasteiger partial charge in [0.2, 0.25) is 12.2 Å². The van der Waals surface area contributed by atoms with Crippen LogP contribution in [0.5, 0.6) is 5.75 Å². The number of fused-ring (bicyclic) bond motifs is 1. The number of carbonyl (C=O) groups excluding carboxylic acids is 4. The van der Waals surface area contributed by atoms with E-state index in [4.69, 9.17) is 42.6 Å². The minimum atomic E-state index is -1.39. The third-order valence-corrected chi connectivity index (χ3v) is 7.25. The smallest absolute Gasteiger partial charge is 0.303 e. The number of nitro groups is 1. The van der Waals surface area contributed by atoms with E-state index in [1.807, 2.05) is 0 Å². The Morgan fingerprint density at radius 1 is 0.872 bits per heavy atom. The zero-order valence-electron chi connectivity index (χ0n) is 26.5. The summed E-state index contributed by atoms with van der Waals surface area (Å²) in [4.78, 5) is 58.5. The average Bonchev–Trinajstić information content (AvgIpc) is 3.30. The molecule has 0 bridgehead atoms. The maximum Gasteiger partial charge on any atom is 0.303 e. The van der Waals surface area contributed by atoms with Crippen molar-refractivity contribution in [1.29, 1.82) is 0 Å². The summed E-state index contributed by atoms with van der Waals surface area (Å²) >= 11 is 0. The van der Waals surface area contributed by atoms with Crippen LogP contribution in [0, 0.1) is 10.1 Å². The summed E-state index contributed by atoms with van der Waals surface area (Å²) in [6.07, 6.45) is -10.8. The van der Waals surface area contributed by atoms with E-state index < -0.39 is 102 Å². The Hall–Kier alpha value is -3.94. The van der Waals surface area contributed by atoms with Gasteiger partial charge in [0, 0.05) is 39.8 Å². The monoisotopic (exact) mass is 670 g/mol. The summed E-state index contributed by atoms with van der Waals surface area (Å²) in [5.41, 5.74) is -0.167. The molecule has 47 heavy (non-hydrogen) atoms. The predicted molar refractivity (Wildman–Crippen MR) is 152 cm³/mol. The number of esters is 3. The van der Waals surface area contributed by atoms with Gasteiger partial charge in [-0.25, -0.2) is 0 Å². The number of hydrogen-bond acceptors (Lipinski definition) is 16. The number of aliphatic hydroxyl groups excluding tert-OH is 1. The highest BCUT2D eigenvalue weighted by Crippen LogP contribution is 2.39. The molecule has 10 atom stereocenters. The van der Waals surface area contributed by atoms with Crippen LogP contribution in [0.3, 0.4) is 0 Å². The summed E-state index contributed by atoms with van der Waals surface area (Å²) in [7, 11) is 0.